The number of carbonyl (C=O) groups excluding carboxylic acids is 1. The summed E-state index contributed by atoms with van der Waals surface area (Å²) in [6.07, 6.45) is -0.649. The quantitative estimate of drug-likeness (QED) is 0.879. The second-order valence-corrected chi connectivity index (χ2v) is 4.79. The predicted molar refractivity (Wildman–Crippen MR) is 75.9 cm³/mol. The summed E-state index contributed by atoms with van der Waals surface area (Å²) in [6.45, 7) is 4.25. The summed E-state index contributed by atoms with van der Waals surface area (Å²) in [6, 6.07) is 4.83. The van der Waals surface area contributed by atoms with Gasteiger partial charge in [0.2, 0.25) is 0 Å². The van der Waals surface area contributed by atoms with Crippen molar-refractivity contribution in [3.8, 4) is 5.75 Å². The highest BCUT2D eigenvalue weighted by atomic mass is 35.5. The van der Waals surface area contributed by atoms with Gasteiger partial charge in [-0.25, -0.2) is 0 Å². The van der Waals surface area contributed by atoms with Gasteiger partial charge in [-0.05, 0) is 26.0 Å². The Balaban J connectivity index is 2.69. The van der Waals surface area contributed by atoms with Gasteiger partial charge in [-0.3, -0.25) is 4.79 Å². The first kappa shape index (κ1) is 16.1. The molecule has 0 saturated heterocycles. The molecule has 0 heterocycles. The van der Waals surface area contributed by atoms with Gasteiger partial charge in [0.05, 0.1) is 16.7 Å². The molecule has 0 aromatic heterocycles. The second-order valence-electron chi connectivity index (χ2n) is 3.98. The molecule has 1 aromatic rings. The summed E-state index contributed by atoms with van der Waals surface area (Å²) in [7, 11) is 0. The van der Waals surface area contributed by atoms with Gasteiger partial charge in [0, 0.05) is 19.2 Å². The summed E-state index contributed by atoms with van der Waals surface area (Å²) in [4.78, 5) is 13.6. The maximum Gasteiger partial charge on any atom is 0.263 e. The molecule has 0 fully saturated rings. The van der Waals surface area contributed by atoms with Crippen LogP contribution in [-0.4, -0.2) is 41.7 Å². The van der Waals surface area contributed by atoms with Gasteiger partial charge < -0.3 is 14.7 Å². The number of hydrogen-bond donors (Lipinski definition) is 1. The number of aliphatic hydroxyl groups excluding tert-OH is 1. The van der Waals surface area contributed by atoms with Gasteiger partial charge >= 0.3 is 0 Å². The summed E-state index contributed by atoms with van der Waals surface area (Å²) >= 11 is 11.7. The molecule has 1 aromatic carbocycles. The van der Waals surface area contributed by atoms with E-state index in [1.54, 1.807) is 25.1 Å². The molecular weight excluding hydrogens is 289 g/mol. The fourth-order valence-corrected chi connectivity index (χ4v) is 1.89. The molecule has 0 bridgehead atoms. The zero-order valence-corrected chi connectivity index (χ0v) is 12.4. The van der Waals surface area contributed by atoms with Gasteiger partial charge in [-0.2, -0.15) is 0 Å². The van der Waals surface area contributed by atoms with Crippen LogP contribution >= 0.6 is 23.2 Å². The summed E-state index contributed by atoms with van der Waals surface area (Å²) in [5.74, 6) is 0.304. The molecule has 1 N–H and O–H groups in total. The van der Waals surface area contributed by atoms with E-state index in [9.17, 15) is 4.79 Å². The molecule has 0 saturated carbocycles. The Bertz CT molecular complexity index is 440. The molecule has 0 aliphatic heterocycles. The van der Waals surface area contributed by atoms with E-state index in [0.717, 1.165) is 0 Å². The number of benzene rings is 1. The predicted octanol–water partition coefficient (Wildman–Crippen LogP) is 2.60. The van der Waals surface area contributed by atoms with Crippen molar-refractivity contribution >= 4 is 29.1 Å². The minimum absolute atomic E-state index is 0.0704. The molecule has 1 amide bonds. The summed E-state index contributed by atoms with van der Waals surface area (Å²) in [5, 5.41) is 9.70. The number of amides is 1. The average molecular weight is 306 g/mol. The number of halogens is 2. The lowest BCUT2D eigenvalue weighted by atomic mass is 10.3. The topological polar surface area (TPSA) is 49.8 Å². The number of rotatable bonds is 6. The first-order valence-electron chi connectivity index (χ1n) is 6.01. The van der Waals surface area contributed by atoms with Gasteiger partial charge in [0.25, 0.3) is 5.91 Å². The monoisotopic (exact) mass is 305 g/mol. The molecule has 1 atom stereocenters. The van der Waals surface area contributed by atoms with Crippen molar-refractivity contribution in [1.29, 1.82) is 0 Å². The van der Waals surface area contributed by atoms with Gasteiger partial charge in [0.15, 0.2) is 6.10 Å². The Morgan fingerprint density at radius 2 is 2.11 bits per heavy atom. The molecule has 1 rings (SSSR count). The molecule has 106 valence electrons. The van der Waals surface area contributed by atoms with Gasteiger partial charge in [-0.15, -0.1) is 0 Å². The fraction of sp³-hybridized carbons (Fsp3) is 0.462. The Morgan fingerprint density at radius 3 is 2.63 bits per heavy atom. The number of nitrogens with zero attached hydrogens (tertiary/aromatic N) is 1. The zero-order valence-electron chi connectivity index (χ0n) is 10.9. The minimum atomic E-state index is -0.649. The van der Waals surface area contributed by atoms with E-state index >= 15 is 0 Å². The van der Waals surface area contributed by atoms with Crippen molar-refractivity contribution in [3.63, 3.8) is 0 Å². The molecule has 0 radical (unpaired) electrons. The van der Waals surface area contributed by atoms with E-state index in [1.165, 1.54) is 4.90 Å². The Kier molecular flexibility index (Phi) is 6.42. The van der Waals surface area contributed by atoms with E-state index in [2.05, 4.69) is 0 Å². The van der Waals surface area contributed by atoms with Crippen molar-refractivity contribution in [2.45, 2.75) is 20.0 Å². The molecule has 4 nitrogen and oxygen atoms in total. The normalized spacial score (nSPS) is 12.1. The van der Waals surface area contributed by atoms with Crippen molar-refractivity contribution < 1.29 is 14.6 Å². The lowest BCUT2D eigenvalue weighted by Crippen LogP contribution is -2.41. The van der Waals surface area contributed by atoms with Crippen LogP contribution in [0.25, 0.3) is 0 Å². The maximum absolute atomic E-state index is 12.1. The standard InChI is InChI=1S/C13H17Cl2NO3/c1-3-16(6-7-17)13(18)9(2)19-10-4-5-11(14)12(15)8-10/h4-5,8-9,17H,3,6-7H2,1-2H3. The SMILES string of the molecule is CCN(CCO)C(=O)C(C)Oc1ccc(Cl)c(Cl)c1. The molecule has 19 heavy (non-hydrogen) atoms. The van der Waals surface area contributed by atoms with Crippen LogP contribution in [0, 0.1) is 0 Å². The van der Waals surface area contributed by atoms with E-state index in [-0.39, 0.29) is 12.5 Å². The van der Waals surface area contributed by atoms with Crippen LogP contribution in [0.4, 0.5) is 0 Å². The molecule has 0 aliphatic rings. The van der Waals surface area contributed by atoms with Crippen molar-refractivity contribution in [3.05, 3.63) is 28.2 Å². The third-order valence-corrected chi connectivity index (χ3v) is 3.35. The third-order valence-electron chi connectivity index (χ3n) is 2.62. The number of ether oxygens (including phenoxy) is 1. The van der Waals surface area contributed by atoms with E-state index in [4.69, 9.17) is 33.0 Å². The smallest absolute Gasteiger partial charge is 0.263 e. The van der Waals surface area contributed by atoms with Gasteiger partial charge in [-0.1, -0.05) is 23.2 Å². The second kappa shape index (κ2) is 7.58. The van der Waals surface area contributed by atoms with E-state index in [1.807, 2.05) is 6.92 Å². The molecule has 0 spiro atoms. The van der Waals surface area contributed by atoms with Crippen LogP contribution in [0.15, 0.2) is 18.2 Å². The van der Waals surface area contributed by atoms with Crippen molar-refractivity contribution in [2.75, 3.05) is 19.7 Å². The van der Waals surface area contributed by atoms with Crippen LogP contribution < -0.4 is 4.74 Å². The third kappa shape index (κ3) is 4.56. The number of likely N-dealkylation sites (N-methyl/N-ethyl adjacent to an activating group) is 1. The first-order valence-corrected chi connectivity index (χ1v) is 6.76. The van der Waals surface area contributed by atoms with Gasteiger partial charge in [0.1, 0.15) is 5.75 Å². The Morgan fingerprint density at radius 1 is 1.42 bits per heavy atom. The van der Waals surface area contributed by atoms with E-state index < -0.39 is 6.10 Å². The minimum Gasteiger partial charge on any atom is -0.481 e. The van der Waals surface area contributed by atoms with Crippen molar-refractivity contribution in [1.82, 2.24) is 4.90 Å². The lowest BCUT2D eigenvalue weighted by Gasteiger charge is -2.24. The highest BCUT2D eigenvalue weighted by molar-refractivity contribution is 6.42. The number of carbonyl (C=O) groups is 1. The summed E-state index contributed by atoms with van der Waals surface area (Å²) < 4.78 is 5.53. The molecular formula is C13H17Cl2NO3. The van der Waals surface area contributed by atoms with Crippen LogP contribution in [0.3, 0.4) is 0 Å². The average Bonchev–Trinajstić information content (AvgIpc) is 2.39. The Hall–Kier alpha value is -0.970. The van der Waals surface area contributed by atoms with Crippen LogP contribution in [-0.2, 0) is 4.79 Å². The molecule has 6 heteroatoms. The number of hydrogen-bond acceptors (Lipinski definition) is 3. The van der Waals surface area contributed by atoms with E-state index in [0.29, 0.717) is 28.9 Å². The zero-order chi connectivity index (χ0) is 14.4. The lowest BCUT2D eigenvalue weighted by molar-refractivity contribution is -0.138. The summed E-state index contributed by atoms with van der Waals surface area (Å²) in [5.41, 5.74) is 0. The maximum atomic E-state index is 12.1. The van der Waals surface area contributed by atoms with Crippen LogP contribution in [0.2, 0.25) is 10.0 Å². The number of aliphatic hydroxyl groups is 1. The Labute approximate surface area is 122 Å². The van der Waals surface area contributed by atoms with Crippen LogP contribution in [0.1, 0.15) is 13.8 Å². The van der Waals surface area contributed by atoms with Crippen molar-refractivity contribution in [2.24, 2.45) is 0 Å². The highest BCUT2D eigenvalue weighted by Gasteiger charge is 2.20. The largest absolute Gasteiger partial charge is 0.481 e. The molecule has 0 aliphatic carbocycles. The fourth-order valence-electron chi connectivity index (χ4n) is 1.61. The molecule has 1 unspecified atom stereocenters. The highest BCUT2D eigenvalue weighted by Crippen LogP contribution is 2.26. The first-order chi connectivity index (χ1) is 8.99. The van der Waals surface area contributed by atoms with Crippen LogP contribution in [0.5, 0.6) is 5.75 Å².